The molecule has 2 saturated heterocycles. The van der Waals surface area contributed by atoms with Crippen molar-refractivity contribution in [3.05, 3.63) is 0 Å². The Morgan fingerprint density at radius 2 is 2.07 bits per heavy atom. The van der Waals surface area contributed by atoms with Gasteiger partial charge in [0.05, 0.1) is 6.10 Å². The van der Waals surface area contributed by atoms with E-state index in [-0.39, 0.29) is 18.5 Å². The molecule has 2 aliphatic heterocycles. The van der Waals surface area contributed by atoms with Gasteiger partial charge in [-0.05, 0) is 33.1 Å². The summed E-state index contributed by atoms with van der Waals surface area (Å²) in [6, 6.07) is 0. The Morgan fingerprint density at radius 1 is 1.29 bits per heavy atom. The van der Waals surface area contributed by atoms with Crippen molar-refractivity contribution in [2.45, 2.75) is 63.0 Å². The minimum Gasteiger partial charge on any atom is -0.384 e. The summed E-state index contributed by atoms with van der Waals surface area (Å²) >= 11 is 0. The average molecular weight is 200 g/mol. The van der Waals surface area contributed by atoms with Crippen LogP contribution < -0.4 is 0 Å². The van der Waals surface area contributed by atoms with Gasteiger partial charge in [0.1, 0.15) is 11.7 Å². The van der Waals surface area contributed by atoms with E-state index < -0.39 is 11.4 Å². The summed E-state index contributed by atoms with van der Waals surface area (Å²) in [5, 5.41) is 10.4. The van der Waals surface area contributed by atoms with Crippen molar-refractivity contribution in [1.29, 1.82) is 0 Å². The first kappa shape index (κ1) is 9.09. The van der Waals surface area contributed by atoms with E-state index in [0.717, 1.165) is 19.3 Å². The van der Waals surface area contributed by atoms with Gasteiger partial charge in [-0.15, -0.1) is 0 Å². The summed E-state index contributed by atoms with van der Waals surface area (Å²) in [7, 11) is 0. The molecule has 0 bridgehead atoms. The molecule has 80 valence electrons. The third-order valence-corrected chi connectivity index (χ3v) is 3.45. The molecule has 2 heterocycles. The van der Waals surface area contributed by atoms with Crippen molar-refractivity contribution in [2.24, 2.45) is 0 Å². The molecular weight excluding hydrogens is 184 g/mol. The maximum Gasteiger partial charge on any atom is 0.190 e. The summed E-state index contributed by atoms with van der Waals surface area (Å²) in [6.07, 6.45) is 1.92. The number of hydrogen-bond donors (Lipinski definition) is 1. The zero-order valence-corrected chi connectivity index (χ0v) is 8.53. The zero-order chi connectivity index (χ0) is 9.97. The molecule has 0 spiro atoms. The van der Waals surface area contributed by atoms with Crippen LogP contribution in [0.3, 0.4) is 0 Å². The van der Waals surface area contributed by atoms with E-state index in [0.29, 0.717) is 0 Å². The van der Waals surface area contributed by atoms with Crippen LogP contribution in [0.4, 0.5) is 0 Å². The van der Waals surface area contributed by atoms with Crippen molar-refractivity contribution < 1.29 is 19.3 Å². The van der Waals surface area contributed by atoms with Crippen LogP contribution in [0.25, 0.3) is 0 Å². The van der Waals surface area contributed by atoms with Crippen molar-refractivity contribution in [3.63, 3.8) is 0 Å². The van der Waals surface area contributed by atoms with E-state index in [9.17, 15) is 5.11 Å². The van der Waals surface area contributed by atoms with E-state index in [4.69, 9.17) is 14.2 Å². The standard InChI is InChI=1S/C10H16O4/c1-9(2)13-7-8(14-9)12-6-4-3-5-10(6,7)11/h6-8,11H,3-5H2,1-2H3/t6-,7+,8-,10-/m1/s1. The van der Waals surface area contributed by atoms with Crippen LogP contribution in [-0.4, -0.2) is 35.0 Å². The highest BCUT2D eigenvalue weighted by molar-refractivity contribution is 5.08. The molecule has 1 N–H and O–H groups in total. The van der Waals surface area contributed by atoms with Gasteiger partial charge < -0.3 is 19.3 Å². The molecule has 14 heavy (non-hydrogen) atoms. The summed E-state index contributed by atoms with van der Waals surface area (Å²) < 4.78 is 16.9. The molecule has 4 nitrogen and oxygen atoms in total. The summed E-state index contributed by atoms with van der Waals surface area (Å²) in [4.78, 5) is 0. The van der Waals surface area contributed by atoms with Crippen LogP contribution in [0.2, 0.25) is 0 Å². The van der Waals surface area contributed by atoms with Crippen molar-refractivity contribution >= 4 is 0 Å². The largest absolute Gasteiger partial charge is 0.384 e. The molecule has 0 aromatic carbocycles. The lowest BCUT2D eigenvalue weighted by molar-refractivity contribution is -0.224. The molecule has 3 rings (SSSR count). The molecule has 0 aromatic rings. The Balaban J connectivity index is 1.89. The van der Waals surface area contributed by atoms with E-state index in [1.807, 2.05) is 13.8 Å². The predicted octanol–water partition coefficient (Wildman–Crippen LogP) is 0.778. The maximum atomic E-state index is 10.4. The Labute approximate surface area is 83.1 Å². The predicted molar refractivity (Wildman–Crippen MR) is 47.5 cm³/mol. The number of hydrogen-bond acceptors (Lipinski definition) is 4. The lowest BCUT2D eigenvalue weighted by Crippen LogP contribution is -2.45. The third-order valence-electron chi connectivity index (χ3n) is 3.45. The van der Waals surface area contributed by atoms with Gasteiger partial charge in [0, 0.05) is 0 Å². The second-order valence-corrected chi connectivity index (χ2v) is 4.93. The first-order chi connectivity index (χ1) is 6.51. The Kier molecular flexibility index (Phi) is 1.62. The summed E-state index contributed by atoms with van der Waals surface area (Å²) in [5.41, 5.74) is -0.807. The Hall–Kier alpha value is -0.160. The lowest BCUT2D eigenvalue weighted by Gasteiger charge is -2.28. The molecule has 4 heteroatoms. The van der Waals surface area contributed by atoms with Gasteiger partial charge in [0.2, 0.25) is 0 Å². The Bertz CT molecular complexity index is 265. The first-order valence-electron chi connectivity index (χ1n) is 5.25. The topological polar surface area (TPSA) is 47.9 Å². The summed E-state index contributed by atoms with van der Waals surface area (Å²) in [6.45, 7) is 3.70. The van der Waals surface area contributed by atoms with Gasteiger partial charge in [0.15, 0.2) is 12.1 Å². The third kappa shape index (κ3) is 1.03. The Morgan fingerprint density at radius 3 is 2.86 bits per heavy atom. The van der Waals surface area contributed by atoms with E-state index in [1.54, 1.807) is 0 Å². The van der Waals surface area contributed by atoms with Gasteiger partial charge in [-0.2, -0.15) is 0 Å². The van der Waals surface area contributed by atoms with Crippen molar-refractivity contribution in [2.75, 3.05) is 0 Å². The second kappa shape index (κ2) is 2.50. The molecule has 3 fully saturated rings. The maximum absolute atomic E-state index is 10.4. The van der Waals surface area contributed by atoms with Crippen LogP contribution >= 0.6 is 0 Å². The zero-order valence-electron chi connectivity index (χ0n) is 8.53. The number of fused-ring (bicyclic) bond motifs is 3. The molecule has 0 radical (unpaired) electrons. The van der Waals surface area contributed by atoms with E-state index in [2.05, 4.69) is 0 Å². The average Bonchev–Trinajstić information content (AvgIpc) is 2.60. The fraction of sp³-hybridized carbons (Fsp3) is 1.00. The second-order valence-electron chi connectivity index (χ2n) is 4.93. The number of rotatable bonds is 0. The SMILES string of the molecule is CC1(C)O[C@H]2O[C@@H]3CCC[C@]3(O)[C@H]2O1. The van der Waals surface area contributed by atoms with Crippen LogP contribution in [0.1, 0.15) is 33.1 Å². The van der Waals surface area contributed by atoms with Gasteiger partial charge >= 0.3 is 0 Å². The van der Waals surface area contributed by atoms with E-state index in [1.165, 1.54) is 0 Å². The fourth-order valence-electron chi connectivity index (χ4n) is 2.82. The monoisotopic (exact) mass is 200 g/mol. The van der Waals surface area contributed by atoms with E-state index >= 15 is 0 Å². The van der Waals surface area contributed by atoms with Crippen molar-refractivity contribution in [3.8, 4) is 0 Å². The summed E-state index contributed by atoms with van der Waals surface area (Å²) in [5.74, 6) is -0.626. The highest BCUT2D eigenvalue weighted by Gasteiger charge is 2.64. The minimum atomic E-state index is -0.807. The highest BCUT2D eigenvalue weighted by atomic mass is 16.8. The van der Waals surface area contributed by atoms with Gasteiger partial charge in [-0.25, -0.2) is 0 Å². The van der Waals surface area contributed by atoms with Crippen LogP contribution in [0.5, 0.6) is 0 Å². The number of aliphatic hydroxyl groups is 1. The van der Waals surface area contributed by atoms with Gasteiger partial charge in [0.25, 0.3) is 0 Å². The van der Waals surface area contributed by atoms with Crippen LogP contribution in [-0.2, 0) is 14.2 Å². The van der Waals surface area contributed by atoms with Gasteiger partial charge in [-0.3, -0.25) is 0 Å². The quantitative estimate of drug-likeness (QED) is 0.627. The molecule has 0 amide bonds. The molecule has 1 aliphatic carbocycles. The van der Waals surface area contributed by atoms with Crippen molar-refractivity contribution in [1.82, 2.24) is 0 Å². The van der Waals surface area contributed by atoms with Crippen LogP contribution in [0.15, 0.2) is 0 Å². The minimum absolute atomic E-state index is 0.0893. The van der Waals surface area contributed by atoms with Gasteiger partial charge in [-0.1, -0.05) is 0 Å². The first-order valence-corrected chi connectivity index (χ1v) is 5.25. The molecule has 4 atom stereocenters. The highest BCUT2D eigenvalue weighted by Crippen LogP contribution is 2.49. The molecule has 0 aromatic heterocycles. The molecule has 3 aliphatic rings. The fourth-order valence-corrected chi connectivity index (χ4v) is 2.82. The lowest BCUT2D eigenvalue weighted by atomic mass is 9.95. The smallest absolute Gasteiger partial charge is 0.190 e. The molecule has 0 unspecified atom stereocenters. The number of ether oxygens (including phenoxy) is 3. The van der Waals surface area contributed by atoms with Crippen LogP contribution in [0, 0.1) is 0 Å². The molecular formula is C10H16O4. The molecule has 1 saturated carbocycles. The normalized spacial score (nSPS) is 54.6.